The molecule has 8 nitrogen and oxygen atoms in total. The highest BCUT2D eigenvalue weighted by molar-refractivity contribution is 6.21. The number of rotatable bonds is 5. The van der Waals surface area contributed by atoms with Crippen LogP contribution in [0.4, 0.5) is 5.69 Å². The zero-order valence-corrected chi connectivity index (χ0v) is 17.7. The molecule has 2 aromatic carbocycles. The van der Waals surface area contributed by atoms with Crippen molar-refractivity contribution in [3.8, 4) is 0 Å². The van der Waals surface area contributed by atoms with E-state index in [9.17, 15) is 19.5 Å². The number of imide groups is 1. The molecule has 1 spiro atoms. The summed E-state index contributed by atoms with van der Waals surface area (Å²) in [5, 5.41) is 13.6. The highest BCUT2D eigenvalue weighted by atomic mass is 16.3. The van der Waals surface area contributed by atoms with E-state index in [-0.39, 0.29) is 24.3 Å². The van der Waals surface area contributed by atoms with Gasteiger partial charge in [0.15, 0.2) is 0 Å². The van der Waals surface area contributed by atoms with E-state index in [2.05, 4.69) is 15.1 Å². The van der Waals surface area contributed by atoms with E-state index in [4.69, 9.17) is 0 Å². The van der Waals surface area contributed by atoms with Crippen molar-refractivity contribution in [2.45, 2.75) is 24.5 Å². The average Bonchev–Trinajstić information content (AvgIpc) is 3.25. The van der Waals surface area contributed by atoms with Crippen LogP contribution in [0.3, 0.4) is 0 Å². The van der Waals surface area contributed by atoms with Crippen LogP contribution in [0.15, 0.2) is 54.6 Å². The van der Waals surface area contributed by atoms with Crippen LogP contribution in [-0.4, -0.2) is 77.1 Å². The van der Waals surface area contributed by atoms with Gasteiger partial charge in [-0.25, -0.2) is 0 Å². The number of amides is 3. The normalized spacial score (nSPS) is 21.2. The molecule has 0 saturated carbocycles. The van der Waals surface area contributed by atoms with Crippen molar-refractivity contribution in [2.24, 2.45) is 0 Å². The van der Waals surface area contributed by atoms with E-state index in [1.807, 2.05) is 30.3 Å². The minimum Gasteiger partial charge on any atom is -0.390 e. The molecule has 0 aromatic heterocycles. The van der Waals surface area contributed by atoms with Crippen molar-refractivity contribution in [2.75, 3.05) is 37.7 Å². The monoisotopic (exact) mass is 434 g/mol. The molecular formula is C24H26N4O4. The Morgan fingerprint density at radius 2 is 1.47 bits per heavy atom. The van der Waals surface area contributed by atoms with E-state index in [1.54, 1.807) is 24.3 Å². The maximum Gasteiger partial charge on any atom is 0.261 e. The molecule has 2 saturated heterocycles. The molecule has 3 heterocycles. The van der Waals surface area contributed by atoms with Gasteiger partial charge >= 0.3 is 0 Å². The molecule has 3 amide bonds. The van der Waals surface area contributed by atoms with Crippen LogP contribution in [0.25, 0.3) is 0 Å². The van der Waals surface area contributed by atoms with Gasteiger partial charge in [-0.15, -0.1) is 0 Å². The Kier molecular flexibility index (Phi) is 5.19. The van der Waals surface area contributed by atoms with Gasteiger partial charge in [-0.2, -0.15) is 0 Å². The lowest BCUT2D eigenvalue weighted by molar-refractivity contribution is -0.125. The van der Waals surface area contributed by atoms with Crippen LogP contribution in [0, 0.1) is 0 Å². The summed E-state index contributed by atoms with van der Waals surface area (Å²) in [5.74, 6) is -0.667. The second-order valence-corrected chi connectivity index (χ2v) is 8.68. The van der Waals surface area contributed by atoms with E-state index < -0.39 is 11.6 Å². The van der Waals surface area contributed by atoms with Crippen LogP contribution in [0.5, 0.6) is 0 Å². The molecule has 3 aliphatic heterocycles. The number of carbonyl (C=O) groups excluding carboxylic acids is 3. The number of hydrogen-bond donors (Lipinski definition) is 2. The Labute approximate surface area is 186 Å². The van der Waals surface area contributed by atoms with Crippen LogP contribution < -0.4 is 10.2 Å². The second-order valence-electron chi connectivity index (χ2n) is 8.68. The molecule has 1 atom stereocenters. The smallest absolute Gasteiger partial charge is 0.261 e. The van der Waals surface area contributed by atoms with Gasteiger partial charge in [0.25, 0.3) is 11.8 Å². The minimum absolute atomic E-state index is 0.0371. The molecule has 2 aromatic rings. The van der Waals surface area contributed by atoms with E-state index in [0.717, 1.165) is 10.6 Å². The van der Waals surface area contributed by atoms with Crippen LogP contribution >= 0.6 is 0 Å². The number of para-hydroxylation sites is 1. The molecule has 3 aliphatic rings. The lowest BCUT2D eigenvalue weighted by Crippen LogP contribution is -2.57. The Hall–Kier alpha value is -3.23. The molecule has 2 fully saturated rings. The maximum absolute atomic E-state index is 12.8. The number of anilines is 1. The third-order valence-corrected chi connectivity index (χ3v) is 6.83. The summed E-state index contributed by atoms with van der Waals surface area (Å²) >= 11 is 0. The second kappa shape index (κ2) is 8.03. The summed E-state index contributed by atoms with van der Waals surface area (Å²) in [5.41, 5.74) is 1.21. The number of β-amino-alcohol motifs (C(OH)–C–C–N with tert-alkyl or cyclic N) is 1. The maximum atomic E-state index is 12.8. The van der Waals surface area contributed by atoms with Gasteiger partial charge in [-0.1, -0.05) is 30.3 Å². The molecule has 1 unspecified atom stereocenters. The first-order valence-electron chi connectivity index (χ1n) is 11.0. The van der Waals surface area contributed by atoms with Crippen molar-refractivity contribution in [1.29, 1.82) is 0 Å². The lowest BCUT2D eigenvalue weighted by atomic mass is 9.85. The number of carbonyl (C=O) groups is 3. The average molecular weight is 434 g/mol. The van der Waals surface area contributed by atoms with Gasteiger partial charge in [-0.3, -0.25) is 19.3 Å². The minimum atomic E-state index is -0.853. The number of nitrogens with one attached hydrogen (secondary N) is 1. The van der Waals surface area contributed by atoms with Gasteiger partial charge in [0.1, 0.15) is 5.54 Å². The molecule has 2 N–H and O–H groups in total. The number of nitrogens with zero attached hydrogens (tertiary/aromatic N) is 3. The number of likely N-dealkylation sites (tertiary alicyclic amines) is 1. The molecule has 32 heavy (non-hydrogen) atoms. The summed E-state index contributed by atoms with van der Waals surface area (Å²) in [6.07, 6.45) is 0.440. The summed E-state index contributed by atoms with van der Waals surface area (Å²) in [6.45, 7) is 2.10. The predicted molar refractivity (Wildman–Crippen MR) is 118 cm³/mol. The fourth-order valence-electron chi connectivity index (χ4n) is 5.11. The molecule has 166 valence electrons. The van der Waals surface area contributed by atoms with Gasteiger partial charge in [0.05, 0.1) is 30.4 Å². The Balaban J connectivity index is 1.21. The Morgan fingerprint density at radius 1 is 0.875 bits per heavy atom. The molecule has 0 bridgehead atoms. The SMILES string of the molecule is O=C1c2ccccc2C(=O)N1CC(O)CN1CCC2(CC1)C(=O)NCN2c1ccccc1. The number of aliphatic hydroxyl groups is 1. The summed E-state index contributed by atoms with van der Waals surface area (Å²) in [6, 6.07) is 16.7. The highest BCUT2D eigenvalue weighted by Gasteiger charge is 2.50. The first kappa shape index (κ1) is 20.7. The molecule has 0 radical (unpaired) electrons. The van der Waals surface area contributed by atoms with Crippen LogP contribution in [-0.2, 0) is 4.79 Å². The van der Waals surface area contributed by atoms with E-state index in [0.29, 0.717) is 50.3 Å². The summed E-state index contributed by atoms with van der Waals surface area (Å²) in [4.78, 5) is 43.2. The van der Waals surface area contributed by atoms with Crippen molar-refractivity contribution >= 4 is 23.4 Å². The number of hydrogen-bond acceptors (Lipinski definition) is 6. The van der Waals surface area contributed by atoms with Gasteiger partial charge in [-0.05, 0) is 37.1 Å². The number of benzene rings is 2. The van der Waals surface area contributed by atoms with Gasteiger partial charge in [0, 0.05) is 25.3 Å². The fraction of sp³-hybridized carbons (Fsp3) is 0.375. The van der Waals surface area contributed by atoms with E-state index in [1.165, 1.54) is 0 Å². The van der Waals surface area contributed by atoms with Crippen LogP contribution in [0.1, 0.15) is 33.6 Å². The zero-order valence-electron chi connectivity index (χ0n) is 17.7. The Bertz CT molecular complexity index is 1010. The van der Waals surface area contributed by atoms with Crippen molar-refractivity contribution in [1.82, 2.24) is 15.1 Å². The quantitative estimate of drug-likeness (QED) is 0.684. The number of piperidine rings is 1. The summed E-state index contributed by atoms with van der Waals surface area (Å²) < 4.78 is 0. The number of fused-ring (bicyclic) bond motifs is 1. The van der Waals surface area contributed by atoms with Gasteiger partial charge < -0.3 is 20.2 Å². The first-order valence-corrected chi connectivity index (χ1v) is 11.0. The largest absolute Gasteiger partial charge is 0.390 e. The predicted octanol–water partition coefficient (Wildman–Crippen LogP) is 1.07. The number of aliphatic hydroxyl groups excluding tert-OH is 1. The third-order valence-electron chi connectivity index (χ3n) is 6.83. The topological polar surface area (TPSA) is 93.2 Å². The van der Waals surface area contributed by atoms with Crippen molar-refractivity contribution in [3.63, 3.8) is 0 Å². The van der Waals surface area contributed by atoms with Crippen LogP contribution in [0.2, 0.25) is 0 Å². The fourth-order valence-corrected chi connectivity index (χ4v) is 5.11. The van der Waals surface area contributed by atoms with Gasteiger partial charge in [0.2, 0.25) is 5.91 Å². The molecule has 5 rings (SSSR count). The van der Waals surface area contributed by atoms with Crippen molar-refractivity contribution in [3.05, 3.63) is 65.7 Å². The third kappa shape index (κ3) is 3.36. The van der Waals surface area contributed by atoms with E-state index >= 15 is 0 Å². The van der Waals surface area contributed by atoms with Crippen molar-refractivity contribution < 1.29 is 19.5 Å². The molecular weight excluding hydrogens is 408 g/mol. The lowest BCUT2D eigenvalue weighted by Gasteiger charge is -2.43. The summed E-state index contributed by atoms with van der Waals surface area (Å²) in [7, 11) is 0. The first-order chi connectivity index (χ1) is 15.5. The highest BCUT2D eigenvalue weighted by Crippen LogP contribution is 2.36. The zero-order chi connectivity index (χ0) is 22.3. The molecule has 8 heteroatoms. The standard InChI is InChI=1S/C24H26N4O4/c29-18(15-27-21(30)19-8-4-5-9-20(19)22(27)31)14-26-12-10-24(11-13-26)23(32)25-16-28(24)17-6-2-1-3-7-17/h1-9,18,29H,10-16H2,(H,25,32). The molecule has 0 aliphatic carbocycles. The Morgan fingerprint density at radius 3 is 2.09 bits per heavy atom.